The van der Waals surface area contributed by atoms with E-state index in [2.05, 4.69) is 9.97 Å². The van der Waals surface area contributed by atoms with Crippen LogP contribution in [0.1, 0.15) is 21.8 Å². The van der Waals surface area contributed by atoms with Crippen molar-refractivity contribution >= 4 is 39.9 Å². The normalized spacial score (nSPS) is 11.2. The number of carbonyl (C=O) groups excluding carboxylic acids is 1. The number of pyridine rings is 1. The molecule has 31 heavy (non-hydrogen) atoms. The van der Waals surface area contributed by atoms with E-state index in [0.717, 1.165) is 22.0 Å². The van der Waals surface area contributed by atoms with Crippen molar-refractivity contribution in [3.63, 3.8) is 0 Å². The second-order valence-corrected chi connectivity index (χ2v) is 7.86. The van der Waals surface area contributed by atoms with Gasteiger partial charge in [-0.25, -0.2) is 4.98 Å². The molecular formula is C24H15Cl2N3O2. The molecule has 0 atom stereocenters. The topological polar surface area (TPSA) is 60.9 Å². The van der Waals surface area contributed by atoms with Gasteiger partial charge in [-0.15, -0.1) is 0 Å². The maximum atomic E-state index is 13.3. The molecule has 0 saturated carbocycles. The van der Waals surface area contributed by atoms with Gasteiger partial charge < -0.3 is 8.98 Å². The number of para-hydroxylation sites is 1. The van der Waals surface area contributed by atoms with E-state index < -0.39 is 0 Å². The van der Waals surface area contributed by atoms with Gasteiger partial charge in [0.25, 0.3) is 5.89 Å². The van der Waals surface area contributed by atoms with Crippen molar-refractivity contribution in [3.05, 3.63) is 106 Å². The molecule has 5 rings (SSSR count). The average Bonchev–Trinajstić information content (AvgIpc) is 3.42. The van der Waals surface area contributed by atoms with Gasteiger partial charge in [0.15, 0.2) is 5.76 Å². The summed E-state index contributed by atoms with van der Waals surface area (Å²) in [5, 5.41) is 1.98. The van der Waals surface area contributed by atoms with Gasteiger partial charge in [0.1, 0.15) is 0 Å². The number of carbonyl (C=O) groups is 1. The summed E-state index contributed by atoms with van der Waals surface area (Å²) in [6.07, 6.45) is 6.69. The first-order chi connectivity index (χ1) is 15.1. The molecule has 0 spiro atoms. The number of hydrogen-bond donors (Lipinski definition) is 0. The Hall–Kier alpha value is -3.41. The number of ketones is 1. The van der Waals surface area contributed by atoms with Gasteiger partial charge in [0.2, 0.25) is 5.78 Å². The van der Waals surface area contributed by atoms with Gasteiger partial charge in [-0.3, -0.25) is 9.78 Å². The smallest absolute Gasteiger partial charge is 0.268 e. The second kappa shape index (κ2) is 8.02. The Kier molecular flexibility index (Phi) is 5.06. The zero-order chi connectivity index (χ0) is 21.4. The highest BCUT2D eigenvalue weighted by Crippen LogP contribution is 2.28. The van der Waals surface area contributed by atoms with Gasteiger partial charge in [-0.1, -0.05) is 47.5 Å². The molecule has 0 aliphatic rings. The van der Waals surface area contributed by atoms with Gasteiger partial charge in [0, 0.05) is 51.6 Å². The largest absolute Gasteiger partial charge is 0.433 e. The number of oxazole rings is 1. The number of nitrogens with zero attached hydrogens (tertiary/aromatic N) is 3. The minimum atomic E-state index is -0.280. The highest BCUT2D eigenvalue weighted by Gasteiger charge is 2.21. The Labute approximate surface area is 187 Å². The summed E-state index contributed by atoms with van der Waals surface area (Å²) in [6, 6.07) is 16.7. The molecule has 0 bridgehead atoms. The number of rotatable bonds is 5. The first kappa shape index (κ1) is 19.5. The van der Waals surface area contributed by atoms with Crippen LogP contribution in [0.25, 0.3) is 22.2 Å². The van der Waals surface area contributed by atoms with Gasteiger partial charge in [-0.05, 0) is 35.9 Å². The van der Waals surface area contributed by atoms with E-state index in [1.165, 1.54) is 0 Å². The van der Waals surface area contributed by atoms with Crippen LogP contribution in [0.15, 0.2) is 83.8 Å². The lowest BCUT2D eigenvalue weighted by Gasteiger charge is -2.08. The van der Waals surface area contributed by atoms with Crippen LogP contribution in [0.4, 0.5) is 0 Å². The van der Waals surface area contributed by atoms with Crippen LogP contribution in [0.5, 0.6) is 0 Å². The van der Waals surface area contributed by atoms with E-state index in [1.54, 1.807) is 42.9 Å². The summed E-state index contributed by atoms with van der Waals surface area (Å²) in [4.78, 5) is 21.5. The van der Waals surface area contributed by atoms with Crippen LogP contribution in [0, 0.1) is 0 Å². The molecule has 0 fully saturated rings. The van der Waals surface area contributed by atoms with Gasteiger partial charge in [-0.2, -0.15) is 0 Å². The van der Waals surface area contributed by atoms with Gasteiger partial charge in [0.05, 0.1) is 11.8 Å². The van der Waals surface area contributed by atoms with Crippen molar-refractivity contribution in [2.75, 3.05) is 0 Å². The summed E-state index contributed by atoms with van der Waals surface area (Å²) < 4.78 is 7.75. The van der Waals surface area contributed by atoms with Crippen LogP contribution >= 0.6 is 23.2 Å². The summed E-state index contributed by atoms with van der Waals surface area (Å²) in [5.41, 5.74) is 3.14. The van der Waals surface area contributed by atoms with Crippen LogP contribution in [-0.4, -0.2) is 20.3 Å². The Morgan fingerprint density at radius 2 is 1.84 bits per heavy atom. The van der Waals surface area contributed by atoms with Crippen molar-refractivity contribution in [1.82, 2.24) is 14.5 Å². The SMILES string of the molecule is O=C(c1ncc(-c2ccncc2)o1)c1cn(Cc2ccc(Cl)cc2Cl)c2ccccc12. The molecule has 0 amide bonds. The molecule has 5 aromatic rings. The Morgan fingerprint density at radius 3 is 2.65 bits per heavy atom. The fourth-order valence-corrected chi connectivity index (χ4v) is 4.00. The maximum Gasteiger partial charge on any atom is 0.268 e. The van der Waals surface area contributed by atoms with Crippen molar-refractivity contribution in [3.8, 4) is 11.3 Å². The third-order valence-corrected chi connectivity index (χ3v) is 5.64. The molecule has 0 N–H and O–H groups in total. The summed E-state index contributed by atoms with van der Waals surface area (Å²) in [7, 11) is 0. The van der Waals surface area contributed by atoms with E-state index in [-0.39, 0.29) is 11.7 Å². The third-order valence-electron chi connectivity index (χ3n) is 5.05. The minimum absolute atomic E-state index is 0.0410. The van der Waals surface area contributed by atoms with Gasteiger partial charge >= 0.3 is 0 Å². The predicted octanol–water partition coefficient (Wildman–Crippen LogP) is 6.28. The summed E-state index contributed by atoms with van der Waals surface area (Å²) in [6.45, 7) is 0.498. The monoisotopic (exact) mass is 447 g/mol. The zero-order valence-corrected chi connectivity index (χ0v) is 17.6. The zero-order valence-electron chi connectivity index (χ0n) is 16.1. The molecule has 7 heteroatoms. The van der Waals surface area contributed by atoms with Crippen molar-refractivity contribution in [1.29, 1.82) is 0 Å². The molecule has 152 valence electrons. The fourth-order valence-electron chi connectivity index (χ4n) is 3.54. The lowest BCUT2D eigenvalue weighted by Crippen LogP contribution is -2.02. The van der Waals surface area contributed by atoms with E-state index in [1.807, 2.05) is 41.1 Å². The number of hydrogen-bond acceptors (Lipinski definition) is 4. The standard InChI is InChI=1S/C24H15Cl2N3O2/c25-17-6-5-16(20(26)11-17)13-29-14-19(18-3-1-2-4-21(18)29)23(30)24-28-12-22(31-24)15-7-9-27-10-8-15/h1-12,14H,13H2. The Bertz CT molecular complexity index is 1410. The predicted molar refractivity (Wildman–Crippen MR) is 121 cm³/mol. The maximum absolute atomic E-state index is 13.3. The molecule has 3 heterocycles. The molecule has 2 aromatic carbocycles. The van der Waals surface area contributed by atoms with Crippen LogP contribution in [-0.2, 0) is 6.54 Å². The first-order valence-electron chi connectivity index (χ1n) is 9.53. The molecular weight excluding hydrogens is 433 g/mol. The highest BCUT2D eigenvalue weighted by molar-refractivity contribution is 6.35. The molecule has 0 aliphatic carbocycles. The Balaban J connectivity index is 1.53. The average molecular weight is 448 g/mol. The lowest BCUT2D eigenvalue weighted by molar-refractivity contribution is 0.100. The summed E-state index contributed by atoms with van der Waals surface area (Å²) >= 11 is 12.4. The highest BCUT2D eigenvalue weighted by atomic mass is 35.5. The van der Waals surface area contributed by atoms with Crippen LogP contribution in [0.3, 0.4) is 0 Å². The molecule has 3 aromatic heterocycles. The lowest BCUT2D eigenvalue weighted by atomic mass is 10.1. The molecule has 0 unspecified atom stereocenters. The number of fused-ring (bicyclic) bond motifs is 1. The first-order valence-corrected chi connectivity index (χ1v) is 10.3. The molecule has 0 radical (unpaired) electrons. The number of halogens is 2. The van der Waals surface area contributed by atoms with E-state index >= 15 is 0 Å². The molecule has 0 saturated heterocycles. The summed E-state index contributed by atoms with van der Waals surface area (Å²) in [5.74, 6) is 0.277. The van der Waals surface area contributed by atoms with Crippen LogP contribution < -0.4 is 0 Å². The minimum Gasteiger partial charge on any atom is -0.433 e. The fraction of sp³-hybridized carbons (Fsp3) is 0.0417. The van der Waals surface area contributed by atoms with Crippen molar-refractivity contribution in [2.24, 2.45) is 0 Å². The van der Waals surface area contributed by atoms with E-state index in [4.69, 9.17) is 27.6 Å². The van der Waals surface area contributed by atoms with Crippen molar-refractivity contribution < 1.29 is 9.21 Å². The van der Waals surface area contributed by atoms with E-state index in [0.29, 0.717) is 27.9 Å². The molecule has 0 aliphatic heterocycles. The molecule has 5 nitrogen and oxygen atoms in total. The number of aromatic nitrogens is 3. The second-order valence-electron chi connectivity index (χ2n) is 7.02. The van der Waals surface area contributed by atoms with Crippen LogP contribution in [0.2, 0.25) is 10.0 Å². The Morgan fingerprint density at radius 1 is 1.03 bits per heavy atom. The van der Waals surface area contributed by atoms with E-state index in [9.17, 15) is 4.79 Å². The van der Waals surface area contributed by atoms with Crippen molar-refractivity contribution in [2.45, 2.75) is 6.54 Å². The third kappa shape index (κ3) is 3.74. The number of benzene rings is 2. The quantitative estimate of drug-likeness (QED) is 0.297.